The lowest BCUT2D eigenvalue weighted by Gasteiger charge is -2.29. The molecule has 1 saturated heterocycles. The quantitative estimate of drug-likeness (QED) is 0.476. The molecule has 0 N–H and O–H groups in total. The Morgan fingerprint density at radius 3 is 2.58 bits per heavy atom. The summed E-state index contributed by atoms with van der Waals surface area (Å²) >= 11 is 3.47. The summed E-state index contributed by atoms with van der Waals surface area (Å²) in [5.74, 6) is -1.26. The molecule has 0 unspecified atom stereocenters. The van der Waals surface area contributed by atoms with Gasteiger partial charge in [-0.3, -0.25) is 14.9 Å². The van der Waals surface area contributed by atoms with Crippen LogP contribution in [0.15, 0.2) is 18.2 Å². The van der Waals surface area contributed by atoms with E-state index in [4.69, 9.17) is 0 Å². The first-order chi connectivity index (χ1) is 8.99. The van der Waals surface area contributed by atoms with E-state index in [-0.39, 0.29) is 11.3 Å². The molecule has 1 aromatic rings. The maximum atomic E-state index is 13.7. The number of alkyl halides is 1. The summed E-state index contributed by atoms with van der Waals surface area (Å²) < 4.78 is 13.7. The van der Waals surface area contributed by atoms with Gasteiger partial charge in [-0.05, 0) is 18.9 Å². The third-order valence-electron chi connectivity index (χ3n) is 3.11. The summed E-state index contributed by atoms with van der Waals surface area (Å²) in [6.45, 7) is 1.12. The number of nitro benzene ring substituents is 1. The number of carbonyl (C=O) groups excluding carboxylic acids is 1. The minimum Gasteiger partial charge on any atom is -0.338 e. The van der Waals surface area contributed by atoms with Crippen molar-refractivity contribution in [3.63, 3.8) is 0 Å². The number of hydrogen-bond acceptors (Lipinski definition) is 3. The SMILES string of the molecule is O=C(c1ccc([N+](=O)[O-])cc1F)N1CCC(Br)CC1. The van der Waals surface area contributed by atoms with Gasteiger partial charge < -0.3 is 4.90 Å². The lowest BCUT2D eigenvalue weighted by molar-refractivity contribution is -0.385. The lowest BCUT2D eigenvalue weighted by Crippen LogP contribution is -2.39. The van der Waals surface area contributed by atoms with Crippen LogP contribution in [-0.4, -0.2) is 33.6 Å². The van der Waals surface area contributed by atoms with Gasteiger partial charge in [-0.2, -0.15) is 0 Å². The number of halogens is 2. The average molecular weight is 331 g/mol. The lowest BCUT2D eigenvalue weighted by atomic mass is 10.1. The second kappa shape index (κ2) is 5.64. The number of benzene rings is 1. The standard InChI is InChI=1S/C12H12BrFN2O3/c13-8-3-5-15(6-4-8)12(17)10-2-1-9(16(18)19)7-11(10)14/h1-2,7-8H,3-6H2. The van der Waals surface area contributed by atoms with E-state index in [0.717, 1.165) is 25.0 Å². The summed E-state index contributed by atoms with van der Waals surface area (Å²) in [6, 6.07) is 3.11. The molecule has 0 bridgehead atoms. The maximum Gasteiger partial charge on any atom is 0.272 e. The van der Waals surface area contributed by atoms with Crippen LogP contribution < -0.4 is 0 Å². The molecule has 2 rings (SSSR count). The first-order valence-corrected chi connectivity index (χ1v) is 6.78. The maximum absolute atomic E-state index is 13.7. The van der Waals surface area contributed by atoms with Crippen molar-refractivity contribution in [1.29, 1.82) is 0 Å². The van der Waals surface area contributed by atoms with Crippen molar-refractivity contribution in [2.45, 2.75) is 17.7 Å². The molecule has 19 heavy (non-hydrogen) atoms. The fourth-order valence-corrected chi connectivity index (χ4v) is 2.42. The number of piperidine rings is 1. The highest BCUT2D eigenvalue weighted by Gasteiger charge is 2.25. The molecular formula is C12H12BrFN2O3. The van der Waals surface area contributed by atoms with Crippen LogP contribution in [0.3, 0.4) is 0 Å². The number of nitro groups is 1. The zero-order valence-electron chi connectivity index (χ0n) is 10.0. The molecule has 1 heterocycles. The molecular weight excluding hydrogens is 319 g/mol. The third kappa shape index (κ3) is 3.09. The van der Waals surface area contributed by atoms with E-state index in [0.29, 0.717) is 17.9 Å². The highest BCUT2D eigenvalue weighted by molar-refractivity contribution is 9.09. The Labute approximate surface area is 117 Å². The first kappa shape index (κ1) is 13.9. The van der Waals surface area contributed by atoms with Gasteiger partial charge in [0.1, 0.15) is 5.82 Å². The molecule has 1 aromatic carbocycles. The monoisotopic (exact) mass is 330 g/mol. The molecule has 0 aliphatic carbocycles. The normalized spacial score (nSPS) is 16.4. The summed E-state index contributed by atoms with van der Waals surface area (Å²) in [5, 5.41) is 10.5. The van der Waals surface area contributed by atoms with E-state index in [1.54, 1.807) is 4.90 Å². The van der Waals surface area contributed by atoms with Gasteiger partial charge >= 0.3 is 0 Å². The van der Waals surface area contributed by atoms with Gasteiger partial charge in [-0.1, -0.05) is 15.9 Å². The Bertz CT molecular complexity index is 516. The number of carbonyl (C=O) groups is 1. The van der Waals surface area contributed by atoms with Crippen molar-refractivity contribution in [3.05, 3.63) is 39.7 Å². The van der Waals surface area contributed by atoms with Crippen molar-refractivity contribution in [1.82, 2.24) is 4.90 Å². The van der Waals surface area contributed by atoms with Crippen molar-refractivity contribution in [3.8, 4) is 0 Å². The second-order valence-corrected chi connectivity index (χ2v) is 5.68. The molecule has 1 fully saturated rings. The Hall–Kier alpha value is -1.50. The van der Waals surface area contributed by atoms with Crippen molar-refractivity contribution < 1.29 is 14.1 Å². The summed E-state index contributed by atoms with van der Waals surface area (Å²) in [6.07, 6.45) is 1.64. The number of rotatable bonds is 2. The molecule has 1 amide bonds. The van der Waals surface area contributed by atoms with Crippen LogP contribution in [0.4, 0.5) is 10.1 Å². The van der Waals surface area contributed by atoms with E-state index < -0.39 is 16.6 Å². The van der Waals surface area contributed by atoms with Crippen LogP contribution in [0.2, 0.25) is 0 Å². The van der Waals surface area contributed by atoms with Crippen LogP contribution in [0.25, 0.3) is 0 Å². The Kier molecular flexibility index (Phi) is 4.14. The largest absolute Gasteiger partial charge is 0.338 e. The minimum atomic E-state index is -0.847. The number of likely N-dealkylation sites (tertiary alicyclic amines) is 1. The highest BCUT2D eigenvalue weighted by Crippen LogP contribution is 2.22. The fraction of sp³-hybridized carbons (Fsp3) is 0.417. The molecule has 0 radical (unpaired) electrons. The topological polar surface area (TPSA) is 63.4 Å². The molecule has 102 valence electrons. The van der Waals surface area contributed by atoms with Crippen LogP contribution in [0.1, 0.15) is 23.2 Å². The summed E-state index contributed by atoms with van der Waals surface area (Å²) in [5.41, 5.74) is -0.466. The van der Waals surface area contributed by atoms with Crippen LogP contribution in [0, 0.1) is 15.9 Å². The van der Waals surface area contributed by atoms with Gasteiger partial charge in [0.2, 0.25) is 0 Å². The van der Waals surface area contributed by atoms with Crippen molar-refractivity contribution >= 4 is 27.5 Å². The molecule has 0 atom stereocenters. The van der Waals surface area contributed by atoms with Gasteiger partial charge in [-0.25, -0.2) is 4.39 Å². The fourth-order valence-electron chi connectivity index (χ4n) is 2.01. The van der Waals surface area contributed by atoms with Gasteiger partial charge in [0.05, 0.1) is 16.6 Å². The van der Waals surface area contributed by atoms with E-state index in [1.807, 2.05) is 0 Å². The van der Waals surface area contributed by atoms with Crippen molar-refractivity contribution in [2.75, 3.05) is 13.1 Å². The van der Waals surface area contributed by atoms with E-state index in [2.05, 4.69) is 15.9 Å². The van der Waals surface area contributed by atoms with E-state index >= 15 is 0 Å². The minimum absolute atomic E-state index is 0.112. The van der Waals surface area contributed by atoms with Crippen molar-refractivity contribution in [2.24, 2.45) is 0 Å². The van der Waals surface area contributed by atoms with E-state index in [9.17, 15) is 19.3 Å². The molecule has 7 heteroatoms. The first-order valence-electron chi connectivity index (χ1n) is 5.86. The van der Waals surface area contributed by atoms with Gasteiger partial charge in [0, 0.05) is 24.0 Å². The number of nitrogens with zero attached hydrogens (tertiary/aromatic N) is 2. The molecule has 0 saturated carbocycles. The Morgan fingerprint density at radius 1 is 1.42 bits per heavy atom. The van der Waals surface area contributed by atoms with Crippen LogP contribution >= 0.6 is 15.9 Å². The zero-order chi connectivity index (χ0) is 14.0. The molecule has 1 aliphatic rings. The molecule has 1 aliphatic heterocycles. The summed E-state index contributed by atoms with van der Waals surface area (Å²) in [7, 11) is 0. The van der Waals surface area contributed by atoms with E-state index in [1.165, 1.54) is 6.07 Å². The number of hydrogen-bond donors (Lipinski definition) is 0. The number of amides is 1. The van der Waals surface area contributed by atoms with Gasteiger partial charge in [0.25, 0.3) is 11.6 Å². The number of non-ortho nitro benzene ring substituents is 1. The van der Waals surface area contributed by atoms with Crippen LogP contribution in [-0.2, 0) is 0 Å². The molecule has 0 spiro atoms. The molecule has 0 aromatic heterocycles. The smallest absolute Gasteiger partial charge is 0.272 e. The average Bonchev–Trinajstić information content (AvgIpc) is 2.38. The Balaban J connectivity index is 2.17. The Morgan fingerprint density at radius 2 is 2.05 bits per heavy atom. The third-order valence-corrected chi connectivity index (χ3v) is 4.02. The zero-order valence-corrected chi connectivity index (χ0v) is 11.6. The van der Waals surface area contributed by atoms with Gasteiger partial charge in [0.15, 0.2) is 0 Å². The molecule has 5 nitrogen and oxygen atoms in total. The summed E-state index contributed by atoms with van der Waals surface area (Å²) in [4.78, 5) is 23.9. The van der Waals surface area contributed by atoms with Gasteiger partial charge in [-0.15, -0.1) is 0 Å². The van der Waals surface area contributed by atoms with Crippen LogP contribution in [0.5, 0.6) is 0 Å². The predicted molar refractivity (Wildman–Crippen MR) is 70.9 cm³/mol. The predicted octanol–water partition coefficient (Wildman–Crippen LogP) is 2.73. The highest BCUT2D eigenvalue weighted by atomic mass is 79.9. The second-order valence-electron chi connectivity index (χ2n) is 4.39.